The molecule has 0 bridgehead atoms. The van der Waals surface area contributed by atoms with Gasteiger partial charge in [0.25, 0.3) is 5.91 Å². The Morgan fingerprint density at radius 3 is 2.17 bits per heavy atom. The lowest BCUT2D eigenvalue weighted by molar-refractivity contribution is -0.124. The highest BCUT2D eigenvalue weighted by molar-refractivity contribution is 5.97. The largest absolute Gasteiger partial charge is 0.339 e. The molecule has 1 aliphatic rings. The van der Waals surface area contributed by atoms with Crippen molar-refractivity contribution in [2.45, 2.75) is 39.5 Å². The minimum Gasteiger partial charge on any atom is -0.339 e. The van der Waals surface area contributed by atoms with E-state index in [-0.39, 0.29) is 11.8 Å². The van der Waals surface area contributed by atoms with Crippen LogP contribution in [0.25, 0.3) is 0 Å². The molecule has 0 heterocycles. The SMILES string of the molecule is CCN(CC)C(=O)c1ccc(NC(=O)C2(CN)CCCC2)cc1. The van der Waals surface area contributed by atoms with Crippen molar-refractivity contribution < 1.29 is 9.59 Å². The molecule has 126 valence electrons. The Kier molecular flexibility index (Phi) is 5.77. The summed E-state index contributed by atoms with van der Waals surface area (Å²) in [5.74, 6) is 0.0161. The Morgan fingerprint density at radius 2 is 1.70 bits per heavy atom. The monoisotopic (exact) mass is 317 g/mol. The van der Waals surface area contributed by atoms with Gasteiger partial charge in [-0.1, -0.05) is 12.8 Å². The smallest absolute Gasteiger partial charge is 0.253 e. The molecule has 0 radical (unpaired) electrons. The Morgan fingerprint density at radius 1 is 1.13 bits per heavy atom. The minimum atomic E-state index is -0.421. The Bertz CT molecular complexity index is 544. The second kappa shape index (κ2) is 7.59. The predicted molar refractivity (Wildman–Crippen MR) is 92.3 cm³/mol. The van der Waals surface area contributed by atoms with Gasteiger partial charge in [-0.05, 0) is 51.0 Å². The normalized spacial score (nSPS) is 16.1. The van der Waals surface area contributed by atoms with Gasteiger partial charge < -0.3 is 16.0 Å². The van der Waals surface area contributed by atoms with Crippen LogP contribution in [0.1, 0.15) is 49.9 Å². The van der Waals surface area contributed by atoms with Crippen LogP contribution in [-0.4, -0.2) is 36.3 Å². The molecule has 0 aromatic heterocycles. The summed E-state index contributed by atoms with van der Waals surface area (Å²) in [6.07, 6.45) is 3.82. The summed E-state index contributed by atoms with van der Waals surface area (Å²) in [6, 6.07) is 7.10. The third-order valence-corrected chi connectivity index (χ3v) is 4.87. The van der Waals surface area contributed by atoms with Crippen LogP contribution in [0.5, 0.6) is 0 Å². The Balaban J connectivity index is 2.05. The van der Waals surface area contributed by atoms with Gasteiger partial charge in [0.1, 0.15) is 0 Å². The first kappa shape index (κ1) is 17.5. The van der Waals surface area contributed by atoms with Crippen molar-refractivity contribution in [1.29, 1.82) is 0 Å². The van der Waals surface area contributed by atoms with Gasteiger partial charge in [-0.15, -0.1) is 0 Å². The van der Waals surface area contributed by atoms with Crippen molar-refractivity contribution >= 4 is 17.5 Å². The summed E-state index contributed by atoms with van der Waals surface area (Å²) in [6.45, 7) is 5.69. The number of nitrogens with zero attached hydrogens (tertiary/aromatic N) is 1. The van der Waals surface area contributed by atoms with Gasteiger partial charge in [0.2, 0.25) is 5.91 Å². The van der Waals surface area contributed by atoms with Crippen LogP contribution < -0.4 is 11.1 Å². The van der Waals surface area contributed by atoms with Crippen LogP contribution in [0.2, 0.25) is 0 Å². The molecule has 1 aromatic rings. The number of amides is 2. The van der Waals surface area contributed by atoms with Gasteiger partial charge in [0.15, 0.2) is 0 Å². The first-order valence-electron chi connectivity index (χ1n) is 8.47. The first-order valence-corrected chi connectivity index (χ1v) is 8.47. The summed E-state index contributed by atoms with van der Waals surface area (Å²) < 4.78 is 0. The fourth-order valence-electron chi connectivity index (χ4n) is 3.23. The van der Waals surface area contributed by atoms with Crippen LogP contribution in [0.3, 0.4) is 0 Å². The summed E-state index contributed by atoms with van der Waals surface area (Å²) in [7, 11) is 0. The molecule has 0 unspecified atom stereocenters. The molecule has 2 rings (SSSR count). The van der Waals surface area contributed by atoms with E-state index >= 15 is 0 Å². The molecule has 1 aliphatic carbocycles. The molecule has 0 spiro atoms. The molecule has 1 aromatic carbocycles. The molecule has 5 heteroatoms. The number of hydrogen-bond donors (Lipinski definition) is 2. The summed E-state index contributed by atoms with van der Waals surface area (Å²) >= 11 is 0. The highest BCUT2D eigenvalue weighted by Gasteiger charge is 2.39. The number of carbonyl (C=O) groups is 2. The number of nitrogens with two attached hydrogens (primary N) is 1. The number of rotatable bonds is 6. The highest BCUT2D eigenvalue weighted by atomic mass is 16.2. The van der Waals surface area contributed by atoms with E-state index in [0.29, 0.717) is 30.9 Å². The number of nitrogens with one attached hydrogen (secondary N) is 1. The lowest BCUT2D eigenvalue weighted by Gasteiger charge is -2.25. The van der Waals surface area contributed by atoms with Crippen molar-refractivity contribution in [2.75, 3.05) is 25.0 Å². The maximum atomic E-state index is 12.5. The molecule has 23 heavy (non-hydrogen) atoms. The molecule has 3 N–H and O–H groups in total. The van der Waals surface area contributed by atoms with E-state index in [1.807, 2.05) is 13.8 Å². The molecule has 2 amide bonds. The highest BCUT2D eigenvalue weighted by Crippen LogP contribution is 2.38. The van der Waals surface area contributed by atoms with Crippen LogP contribution in [0, 0.1) is 5.41 Å². The molecule has 5 nitrogen and oxygen atoms in total. The topological polar surface area (TPSA) is 75.4 Å². The molecule has 0 aliphatic heterocycles. The third-order valence-electron chi connectivity index (χ3n) is 4.87. The molecule has 1 saturated carbocycles. The Hall–Kier alpha value is -1.88. The van der Waals surface area contributed by atoms with Crippen LogP contribution >= 0.6 is 0 Å². The van der Waals surface area contributed by atoms with Crippen LogP contribution in [0.4, 0.5) is 5.69 Å². The van der Waals surface area contributed by atoms with E-state index in [2.05, 4.69) is 5.32 Å². The molecular formula is C18H27N3O2. The summed E-state index contributed by atoms with van der Waals surface area (Å²) in [5.41, 5.74) is 6.77. The quantitative estimate of drug-likeness (QED) is 0.847. The van der Waals surface area contributed by atoms with Crippen molar-refractivity contribution in [1.82, 2.24) is 4.90 Å². The van der Waals surface area contributed by atoms with Gasteiger partial charge in [-0.25, -0.2) is 0 Å². The average molecular weight is 317 g/mol. The molecule has 1 fully saturated rings. The number of anilines is 1. The van der Waals surface area contributed by atoms with E-state index in [4.69, 9.17) is 5.73 Å². The van der Waals surface area contributed by atoms with Gasteiger partial charge in [0, 0.05) is 30.9 Å². The Labute approximate surface area is 138 Å². The first-order chi connectivity index (χ1) is 11.1. The van der Waals surface area contributed by atoms with Crippen LogP contribution in [-0.2, 0) is 4.79 Å². The number of carbonyl (C=O) groups excluding carboxylic acids is 2. The fourth-order valence-corrected chi connectivity index (χ4v) is 3.23. The third kappa shape index (κ3) is 3.72. The van der Waals surface area contributed by atoms with Gasteiger partial charge in [-0.3, -0.25) is 9.59 Å². The standard InChI is InChI=1S/C18H27N3O2/c1-3-21(4-2)16(22)14-7-9-15(10-8-14)20-17(23)18(13-19)11-5-6-12-18/h7-10H,3-6,11-13,19H2,1-2H3,(H,20,23). The number of hydrogen-bond acceptors (Lipinski definition) is 3. The number of benzene rings is 1. The second-order valence-corrected chi connectivity index (χ2v) is 6.20. The molecule has 0 saturated heterocycles. The van der Waals surface area contributed by atoms with Gasteiger partial charge in [0.05, 0.1) is 5.41 Å². The summed E-state index contributed by atoms with van der Waals surface area (Å²) in [5, 5.41) is 2.96. The summed E-state index contributed by atoms with van der Waals surface area (Å²) in [4.78, 5) is 26.6. The van der Waals surface area contributed by atoms with E-state index in [1.165, 1.54) is 0 Å². The van der Waals surface area contributed by atoms with Gasteiger partial charge >= 0.3 is 0 Å². The molecular weight excluding hydrogens is 290 g/mol. The van der Waals surface area contributed by atoms with Crippen molar-refractivity contribution in [2.24, 2.45) is 11.1 Å². The van der Waals surface area contributed by atoms with E-state index in [0.717, 1.165) is 25.7 Å². The van der Waals surface area contributed by atoms with Crippen molar-refractivity contribution in [3.8, 4) is 0 Å². The lowest BCUT2D eigenvalue weighted by Crippen LogP contribution is -2.40. The van der Waals surface area contributed by atoms with Crippen molar-refractivity contribution in [3.05, 3.63) is 29.8 Å². The fraction of sp³-hybridized carbons (Fsp3) is 0.556. The van der Waals surface area contributed by atoms with Gasteiger partial charge in [-0.2, -0.15) is 0 Å². The van der Waals surface area contributed by atoms with Crippen molar-refractivity contribution in [3.63, 3.8) is 0 Å². The molecule has 0 atom stereocenters. The minimum absolute atomic E-state index is 0.000296. The zero-order valence-corrected chi connectivity index (χ0v) is 14.1. The second-order valence-electron chi connectivity index (χ2n) is 6.20. The zero-order valence-electron chi connectivity index (χ0n) is 14.1. The van der Waals surface area contributed by atoms with E-state index < -0.39 is 5.41 Å². The van der Waals surface area contributed by atoms with Crippen LogP contribution in [0.15, 0.2) is 24.3 Å². The average Bonchev–Trinajstić information content (AvgIpc) is 3.07. The maximum absolute atomic E-state index is 12.5. The predicted octanol–water partition coefficient (Wildman–Crippen LogP) is 2.63. The maximum Gasteiger partial charge on any atom is 0.253 e. The lowest BCUT2D eigenvalue weighted by atomic mass is 9.85. The zero-order chi connectivity index (χ0) is 16.9. The van der Waals surface area contributed by atoms with E-state index in [9.17, 15) is 9.59 Å². The van der Waals surface area contributed by atoms with E-state index in [1.54, 1.807) is 29.2 Å².